The van der Waals surface area contributed by atoms with Gasteiger partial charge in [-0.05, 0) is 64.2 Å². The average molecular weight is 787 g/mol. The maximum atomic E-state index is 12.7. The zero-order valence-electron chi connectivity index (χ0n) is 36.2. The second-order valence-electron chi connectivity index (χ2n) is 16.4. The van der Waals surface area contributed by atoms with E-state index < -0.39 is 13.9 Å². The first-order chi connectivity index (χ1) is 26.1. The van der Waals surface area contributed by atoms with Crippen LogP contribution in [0.5, 0.6) is 0 Å². The molecule has 0 aromatic rings. The number of quaternary nitrogens is 1. The molecule has 0 aromatic heterocycles. The third-order valence-electron chi connectivity index (χ3n) is 9.74. The van der Waals surface area contributed by atoms with Crippen LogP contribution in [0.2, 0.25) is 0 Å². The lowest BCUT2D eigenvalue weighted by Gasteiger charge is -2.24. The molecule has 0 aliphatic heterocycles. The molecular formula is C45H89NO7P+. The van der Waals surface area contributed by atoms with E-state index in [0.29, 0.717) is 24.1 Å². The van der Waals surface area contributed by atoms with Crippen LogP contribution in [0.4, 0.5) is 0 Å². The molecule has 0 spiro atoms. The number of phosphoric ester groups is 1. The molecule has 0 heterocycles. The Bertz CT molecular complexity index is 920. The van der Waals surface area contributed by atoms with Crippen LogP contribution in [-0.2, 0) is 27.9 Å². The molecule has 2 unspecified atom stereocenters. The number of rotatable bonds is 42. The fourth-order valence-electron chi connectivity index (χ4n) is 6.19. The highest BCUT2D eigenvalue weighted by Gasteiger charge is 2.26. The smallest absolute Gasteiger partial charge is 0.457 e. The van der Waals surface area contributed by atoms with Gasteiger partial charge in [0.25, 0.3) is 0 Å². The lowest BCUT2D eigenvalue weighted by molar-refractivity contribution is -0.870. The molecule has 320 valence electrons. The number of hydrogen-bond donors (Lipinski definition) is 1. The highest BCUT2D eigenvalue weighted by molar-refractivity contribution is 7.47. The van der Waals surface area contributed by atoms with Crippen molar-refractivity contribution in [2.75, 3.05) is 54.1 Å². The number of carbonyl (C=O) groups excluding carboxylic acids is 1. The number of phosphoric acid groups is 1. The molecule has 0 saturated carbocycles. The second-order valence-corrected chi connectivity index (χ2v) is 17.9. The standard InChI is InChI=1S/C45H88NO7P/c1-6-8-10-12-14-16-18-20-22-23-24-25-27-29-31-33-35-37-40-50-42-44(43-52-54(48,49)51-41-39-46(3,4)5)53-45(47)38-36-34-32-30-28-26-21-19-17-15-13-11-9-7-2/h19-22,44H,6-18,23-43H2,1-5H3/p+1/b21-19-,22-20-. The predicted octanol–water partition coefficient (Wildman–Crippen LogP) is 13.2. The molecule has 8 nitrogen and oxygen atoms in total. The number of hydrogen-bond acceptors (Lipinski definition) is 6. The maximum absolute atomic E-state index is 12.7. The largest absolute Gasteiger partial charge is 0.472 e. The molecule has 0 aliphatic rings. The molecule has 9 heteroatoms. The van der Waals surface area contributed by atoms with Crippen LogP contribution in [-0.4, -0.2) is 75.6 Å². The quantitative estimate of drug-likeness (QED) is 0.0217. The van der Waals surface area contributed by atoms with Crippen molar-refractivity contribution < 1.29 is 37.3 Å². The molecule has 1 N–H and O–H groups in total. The van der Waals surface area contributed by atoms with E-state index in [-0.39, 0.29) is 25.8 Å². The number of carbonyl (C=O) groups is 1. The molecule has 0 rings (SSSR count). The minimum Gasteiger partial charge on any atom is -0.457 e. The van der Waals surface area contributed by atoms with Crippen molar-refractivity contribution in [1.29, 1.82) is 0 Å². The van der Waals surface area contributed by atoms with E-state index in [1.807, 2.05) is 21.1 Å². The second kappa shape index (κ2) is 38.8. The Morgan fingerprint density at radius 3 is 1.41 bits per heavy atom. The molecule has 0 aromatic carbocycles. The Kier molecular flexibility index (Phi) is 38.1. The van der Waals surface area contributed by atoms with Crippen LogP contribution < -0.4 is 0 Å². The van der Waals surface area contributed by atoms with Crippen molar-refractivity contribution in [2.45, 2.75) is 206 Å². The molecule has 0 fully saturated rings. The van der Waals surface area contributed by atoms with Crippen molar-refractivity contribution in [3.05, 3.63) is 24.3 Å². The van der Waals surface area contributed by atoms with E-state index in [4.69, 9.17) is 18.5 Å². The molecule has 0 amide bonds. The Morgan fingerprint density at radius 1 is 0.556 bits per heavy atom. The van der Waals surface area contributed by atoms with Crippen LogP contribution in [0, 0.1) is 0 Å². The van der Waals surface area contributed by atoms with E-state index in [0.717, 1.165) is 44.9 Å². The lowest BCUT2D eigenvalue weighted by atomic mass is 10.1. The van der Waals surface area contributed by atoms with Gasteiger partial charge < -0.3 is 18.9 Å². The molecule has 0 saturated heterocycles. The van der Waals surface area contributed by atoms with Gasteiger partial charge in [-0.1, -0.05) is 154 Å². The first kappa shape index (κ1) is 53.0. The van der Waals surface area contributed by atoms with Gasteiger partial charge in [-0.15, -0.1) is 0 Å². The summed E-state index contributed by atoms with van der Waals surface area (Å²) in [6, 6.07) is 0. The monoisotopic (exact) mass is 787 g/mol. The molecule has 0 bridgehead atoms. The van der Waals surface area contributed by atoms with Gasteiger partial charge in [0.05, 0.1) is 34.4 Å². The number of allylic oxidation sites excluding steroid dienone is 4. The van der Waals surface area contributed by atoms with Crippen LogP contribution in [0.3, 0.4) is 0 Å². The van der Waals surface area contributed by atoms with Crippen LogP contribution in [0.1, 0.15) is 200 Å². The minimum atomic E-state index is -4.27. The third kappa shape index (κ3) is 42.1. The summed E-state index contributed by atoms with van der Waals surface area (Å²) in [6.07, 6.45) is 43.5. The van der Waals surface area contributed by atoms with Crippen molar-refractivity contribution in [1.82, 2.24) is 0 Å². The molecule has 0 aliphatic carbocycles. The number of likely N-dealkylation sites (N-methyl/N-ethyl adjacent to an activating group) is 1. The van der Waals surface area contributed by atoms with Crippen molar-refractivity contribution in [3.8, 4) is 0 Å². The summed E-state index contributed by atoms with van der Waals surface area (Å²) < 4.78 is 35.0. The van der Waals surface area contributed by atoms with E-state index in [2.05, 4.69) is 38.2 Å². The zero-order chi connectivity index (χ0) is 39.9. The first-order valence-electron chi connectivity index (χ1n) is 22.6. The Hall–Kier alpha value is -1.02. The highest BCUT2D eigenvalue weighted by atomic mass is 31.2. The normalized spacial score (nSPS) is 14.0. The summed E-state index contributed by atoms with van der Waals surface area (Å²) in [6.45, 7) is 5.61. The summed E-state index contributed by atoms with van der Waals surface area (Å²) in [5, 5.41) is 0. The van der Waals surface area contributed by atoms with E-state index >= 15 is 0 Å². The lowest BCUT2D eigenvalue weighted by Crippen LogP contribution is -2.37. The van der Waals surface area contributed by atoms with Gasteiger partial charge in [-0.3, -0.25) is 13.8 Å². The minimum absolute atomic E-state index is 0.0876. The van der Waals surface area contributed by atoms with E-state index in [1.54, 1.807) is 0 Å². The van der Waals surface area contributed by atoms with Gasteiger partial charge in [0.1, 0.15) is 19.3 Å². The van der Waals surface area contributed by atoms with Gasteiger partial charge in [0, 0.05) is 13.0 Å². The Labute approximate surface area is 334 Å². The Morgan fingerprint density at radius 2 is 0.963 bits per heavy atom. The number of nitrogens with zero attached hydrogens (tertiary/aromatic N) is 1. The summed E-state index contributed by atoms with van der Waals surface area (Å²) in [5.41, 5.74) is 0. The summed E-state index contributed by atoms with van der Waals surface area (Å²) in [4.78, 5) is 22.9. The van der Waals surface area contributed by atoms with Crippen molar-refractivity contribution in [3.63, 3.8) is 0 Å². The van der Waals surface area contributed by atoms with Crippen LogP contribution >= 0.6 is 7.82 Å². The molecular weight excluding hydrogens is 697 g/mol. The van der Waals surface area contributed by atoms with Crippen LogP contribution in [0.15, 0.2) is 24.3 Å². The maximum Gasteiger partial charge on any atom is 0.472 e. The van der Waals surface area contributed by atoms with Gasteiger partial charge in [0.2, 0.25) is 0 Å². The van der Waals surface area contributed by atoms with Gasteiger partial charge >= 0.3 is 13.8 Å². The summed E-state index contributed by atoms with van der Waals surface area (Å²) >= 11 is 0. The van der Waals surface area contributed by atoms with E-state index in [9.17, 15) is 14.3 Å². The Balaban J connectivity index is 4.21. The van der Waals surface area contributed by atoms with E-state index in [1.165, 1.54) is 135 Å². The molecule has 0 radical (unpaired) electrons. The summed E-state index contributed by atoms with van der Waals surface area (Å²) in [5.74, 6) is -0.322. The highest BCUT2D eigenvalue weighted by Crippen LogP contribution is 2.43. The topological polar surface area (TPSA) is 91.3 Å². The number of unbranched alkanes of at least 4 members (excludes halogenated alkanes) is 24. The number of ether oxygens (including phenoxy) is 2. The third-order valence-corrected chi connectivity index (χ3v) is 10.7. The molecule has 54 heavy (non-hydrogen) atoms. The average Bonchev–Trinajstić information content (AvgIpc) is 3.12. The van der Waals surface area contributed by atoms with Crippen LogP contribution in [0.25, 0.3) is 0 Å². The van der Waals surface area contributed by atoms with Crippen molar-refractivity contribution >= 4 is 13.8 Å². The van der Waals surface area contributed by atoms with Gasteiger partial charge in [0.15, 0.2) is 0 Å². The van der Waals surface area contributed by atoms with Gasteiger partial charge in [-0.2, -0.15) is 0 Å². The predicted molar refractivity (Wildman–Crippen MR) is 229 cm³/mol. The fraction of sp³-hybridized carbons (Fsp3) is 0.889. The van der Waals surface area contributed by atoms with Gasteiger partial charge in [-0.25, -0.2) is 4.57 Å². The molecule has 2 atom stereocenters. The summed E-state index contributed by atoms with van der Waals surface area (Å²) in [7, 11) is 1.66. The fourth-order valence-corrected chi connectivity index (χ4v) is 6.93. The zero-order valence-corrected chi connectivity index (χ0v) is 37.1. The first-order valence-corrected chi connectivity index (χ1v) is 24.1. The SMILES string of the molecule is CCCCCCC/C=C\CCCCCCCC(=O)OC(COCCCCCCCCCC/C=C\CCCCCCCC)COP(=O)(O)OCC[N+](C)(C)C. The number of esters is 1. The van der Waals surface area contributed by atoms with Crippen molar-refractivity contribution in [2.24, 2.45) is 0 Å².